The molecule has 0 aromatic rings. The molecule has 0 aliphatic heterocycles. The summed E-state index contributed by atoms with van der Waals surface area (Å²) >= 11 is 0. The largest absolute Gasteiger partial charge is 0.0871 e. The minimum absolute atomic E-state index is 1.14. The molecule has 0 heterocycles. The van der Waals surface area contributed by atoms with Crippen molar-refractivity contribution in [2.45, 2.75) is 20.3 Å². The lowest BCUT2D eigenvalue weighted by molar-refractivity contribution is 1.24. The van der Waals surface area contributed by atoms with E-state index in [0.29, 0.717) is 0 Å². The standard InChI is InChI=1S/C9H12/c1-3-5-9-7-4-6-8(9)2/h3-5,7H,6H2,1-2H3/b5-3-. The van der Waals surface area contributed by atoms with Crippen LogP contribution in [0.2, 0.25) is 0 Å². The van der Waals surface area contributed by atoms with Gasteiger partial charge in [0.15, 0.2) is 0 Å². The van der Waals surface area contributed by atoms with Crippen molar-refractivity contribution < 1.29 is 0 Å². The number of hydrogen-bond donors (Lipinski definition) is 0. The summed E-state index contributed by atoms with van der Waals surface area (Å²) in [5, 5.41) is 0. The van der Waals surface area contributed by atoms with Gasteiger partial charge in [-0.15, -0.1) is 0 Å². The first kappa shape index (κ1) is 6.34. The molecule has 0 bridgehead atoms. The van der Waals surface area contributed by atoms with E-state index in [1.54, 1.807) is 0 Å². The molecule has 1 rings (SSSR count). The van der Waals surface area contributed by atoms with Crippen molar-refractivity contribution >= 4 is 0 Å². The van der Waals surface area contributed by atoms with Gasteiger partial charge in [0, 0.05) is 0 Å². The van der Waals surface area contributed by atoms with Crippen molar-refractivity contribution in [3.05, 3.63) is 35.5 Å². The zero-order chi connectivity index (χ0) is 6.69. The molecule has 1 aliphatic carbocycles. The van der Waals surface area contributed by atoms with Crippen molar-refractivity contribution in [1.82, 2.24) is 0 Å². The van der Waals surface area contributed by atoms with E-state index in [1.165, 1.54) is 11.1 Å². The van der Waals surface area contributed by atoms with E-state index in [2.05, 4.69) is 31.2 Å². The summed E-state index contributed by atoms with van der Waals surface area (Å²) in [5.74, 6) is 0. The smallest absolute Gasteiger partial charge is 0.0129 e. The Labute approximate surface area is 56.6 Å². The molecule has 0 amide bonds. The molecule has 0 saturated heterocycles. The Morgan fingerprint density at radius 2 is 2.33 bits per heavy atom. The Morgan fingerprint density at radius 1 is 1.56 bits per heavy atom. The van der Waals surface area contributed by atoms with Gasteiger partial charge in [0.05, 0.1) is 0 Å². The van der Waals surface area contributed by atoms with Crippen LogP contribution in [0.3, 0.4) is 0 Å². The second-order valence-corrected chi connectivity index (χ2v) is 2.34. The van der Waals surface area contributed by atoms with Crippen molar-refractivity contribution in [2.75, 3.05) is 0 Å². The minimum Gasteiger partial charge on any atom is -0.0871 e. The second-order valence-electron chi connectivity index (χ2n) is 2.34. The molecule has 0 N–H and O–H groups in total. The van der Waals surface area contributed by atoms with E-state index in [1.807, 2.05) is 6.92 Å². The molecule has 0 fully saturated rings. The van der Waals surface area contributed by atoms with Gasteiger partial charge < -0.3 is 0 Å². The summed E-state index contributed by atoms with van der Waals surface area (Å²) in [4.78, 5) is 0. The molecule has 0 unspecified atom stereocenters. The zero-order valence-corrected chi connectivity index (χ0v) is 6.02. The highest BCUT2D eigenvalue weighted by molar-refractivity contribution is 5.40. The Kier molecular flexibility index (Phi) is 1.88. The van der Waals surface area contributed by atoms with Gasteiger partial charge >= 0.3 is 0 Å². The first-order valence-electron chi connectivity index (χ1n) is 3.33. The average molecular weight is 120 g/mol. The van der Waals surface area contributed by atoms with Crippen molar-refractivity contribution in [2.24, 2.45) is 0 Å². The molecule has 0 aromatic heterocycles. The van der Waals surface area contributed by atoms with Crippen molar-refractivity contribution in [3.63, 3.8) is 0 Å². The van der Waals surface area contributed by atoms with Gasteiger partial charge in [0.25, 0.3) is 0 Å². The lowest BCUT2D eigenvalue weighted by Gasteiger charge is -1.91. The maximum absolute atomic E-state index is 2.20. The average Bonchev–Trinajstić information content (AvgIpc) is 2.18. The number of rotatable bonds is 1. The van der Waals surface area contributed by atoms with Gasteiger partial charge in [-0.2, -0.15) is 0 Å². The third-order valence-corrected chi connectivity index (χ3v) is 1.56. The quantitative estimate of drug-likeness (QED) is 0.499. The van der Waals surface area contributed by atoms with Gasteiger partial charge in [-0.25, -0.2) is 0 Å². The molecule has 0 spiro atoms. The third-order valence-electron chi connectivity index (χ3n) is 1.56. The highest BCUT2D eigenvalue weighted by Gasteiger charge is 1.98. The predicted molar refractivity (Wildman–Crippen MR) is 41.3 cm³/mol. The maximum Gasteiger partial charge on any atom is -0.0129 e. The molecule has 0 heteroatoms. The summed E-state index contributed by atoms with van der Waals surface area (Å²) in [5.41, 5.74) is 2.87. The monoisotopic (exact) mass is 120 g/mol. The molecule has 0 saturated carbocycles. The maximum atomic E-state index is 2.20. The normalized spacial score (nSPS) is 18.4. The summed E-state index contributed by atoms with van der Waals surface area (Å²) < 4.78 is 0. The molecular formula is C9H12. The molecule has 1 aliphatic rings. The van der Waals surface area contributed by atoms with Gasteiger partial charge in [-0.1, -0.05) is 29.9 Å². The number of hydrogen-bond acceptors (Lipinski definition) is 0. The van der Waals surface area contributed by atoms with Gasteiger partial charge in [-0.05, 0) is 25.8 Å². The van der Waals surface area contributed by atoms with E-state index in [9.17, 15) is 0 Å². The summed E-state index contributed by atoms with van der Waals surface area (Å²) in [6.45, 7) is 4.22. The molecule has 0 nitrogen and oxygen atoms in total. The Hall–Kier alpha value is -0.780. The van der Waals surface area contributed by atoms with Crippen LogP contribution in [-0.2, 0) is 0 Å². The van der Waals surface area contributed by atoms with Crippen LogP contribution in [0, 0.1) is 0 Å². The lowest BCUT2D eigenvalue weighted by atomic mass is 10.2. The van der Waals surface area contributed by atoms with Crippen LogP contribution in [0.25, 0.3) is 0 Å². The fourth-order valence-corrected chi connectivity index (χ4v) is 1.00. The lowest BCUT2D eigenvalue weighted by Crippen LogP contribution is -1.71. The van der Waals surface area contributed by atoms with E-state index in [-0.39, 0.29) is 0 Å². The summed E-state index contributed by atoms with van der Waals surface area (Å²) in [6, 6.07) is 0. The van der Waals surface area contributed by atoms with E-state index >= 15 is 0 Å². The first-order chi connectivity index (χ1) is 4.34. The topological polar surface area (TPSA) is 0 Å². The predicted octanol–water partition coefficient (Wildman–Crippen LogP) is 2.84. The van der Waals surface area contributed by atoms with E-state index < -0.39 is 0 Å². The molecule has 9 heavy (non-hydrogen) atoms. The number of allylic oxidation sites excluding steroid dienone is 6. The molecule has 0 radical (unpaired) electrons. The Balaban J connectivity index is 2.77. The van der Waals surface area contributed by atoms with Crippen LogP contribution >= 0.6 is 0 Å². The second kappa shape index (κ2) is 2.67. The Bertz CT molecular complexity index is 180. The fraction of sp³-hybridized carbons (Fsp3) is 0.333. The summed E-state index contributed by atoms with van der Waals surface area (Å²) in [6.07, 6.45) is 9.74. The Morgan fingerprint density at radius 3 is 2.78 bits per heavy atom. The van der Waals surface area contributed by atoms with Crippen LogP contribution in [-0.4, -0.2) is 0 Å². The molecular weight excluding hydrogens is 108 g/mol. The zero-order valence-electron chi connectivity index (χ0n) is 6.02. The highest BCUT2D eigenvalue weighted by Crippen LogP contribution is 2.18. The van der Waals surface area contributed by atoms with Crippen LogP contribution in [0.15, 0.2) is 35.5 Å². The van der Waals surface area contributed by atoms with Crippen molar-refractivity contribution in [1.29, 1.82) is 0 Å². The van der Waals surface area contributed by atoms with Crippen LogP contribution in [0.5, 0.6) is 0 Å². The fourth-order valence-electron chi connectivity index (χ4n) is 1.00. The molecule has 0 aromatic carbocycles. The highest BCUT2D eigenvalue weighted by atomic mass is 14.0. The van der Waals surface area contributed by atoms with Gasteiger partial charge in [0.2, 0.25) is 0 Å². The van der Waals surface area contributed by atoms with Crippen LogP contribution in [0.4, 0.5) is 0 Å². The molecule has 48 valence electrons. The SMILES string of the molecule is C/C=C\C1=C(C)CC=C1. The van der Waals surface area contributed by atoms with Gasteiger partial charge in [0.1, 0.15) is 0 Å². The van der Waals surface area contributed by atoms with Crippen LogP contribution < -0.4 is 0 Å². The first-order valence-corrected chi connectivity index (χ1v) is 3.33. The summed E-state index contributed by atoms with van der Waals surface area (Å²) in [7, 11) is 0. The van der Waals surface area contributed by atoms with E-state index in [0.717, 1.165) is 6.42 Å². The minimum atomic E-state index is 1.14. The van der Waals surface area contributed by atoms with E-state index in [4.69, 9.17) is 0 Å². The molecule has 0 atom stereocenters. The van der Waals surface area contributed by atoms with Crippen molar-refractivity contribution in [3.8, 4) is 0 Å². The van der Waals surface area contributed by atoms with Crippen LogP contribution in [0.1, 0.15) is 20.3 Å². The third kappa shape index (κ3) is 1.32. The van der Waals surface area contributed by atoms with Gasteiger partial charge in [-0.3, -0.25) is 0 Å².